The largest absolute Gasteiger partial charge is 0.417 e. The normalized spacial score (nSPS) is 15.2. The highest BCUT2D eigenvalue weighted by Gasteiger charge is 2.37. The molecule has 0 saturated carbocycles. The van der Waals surface area contributed by atoms with Gasteiger partial charge in [0.25, 0.3) is 5.91 Å². The van der Waals surface area contributed by atoms with E-state index in [1.807, 2.05) is 18.2 Å². The Bertz CT molecular complexity index is 1730. The summed E-state index contributed by atoms with van der Waals surface area (Å²) in [6.45, 7) is 1.09. The van der Waals surface area contributed by atoms with Gasteiger partial charge >= 0.3 is 6.18 Å². The number of primary amides is 1. The van der Waals surface area contributed by atoms with Gasteiger partial charge in [0.15, 0.2) is 10.7 Å². The number of nitrogen functional groups attached to an aromatic ring is 1. The smallest absolute Gasteiger partial charge is 0.397 e. The van der Waals surface area contributed by atoms with Crippen LogP contribution in [0.15, 0.2) is 48.7 Å². The van der Waals surface area contributed by atoms with Crippen molar-refractivity contribution in [2.24, 2.45) is 5.73 Å². The quantitative estimate of drug-likeness (QED) is 0.140. The fourth-order valence-corrected chi connectivity index (χ4v) is 6.39. The standard InChI is InChI=1S/C28H30F3N7O4S2/c29-28(30,31)19-11-22(37-27-23(19)24(32)25(43-27)26(33)40)38-8-6-17(7-9-38)34-13-21(39)20-5-4-16(12-35-20)15-2-1-3-18(10-15)36-14-44(41)42/h1-5,10-12,17,21,34,36,39,44H,6-9,13-14,32H2,(H2,33,40). The number of nitrogens with one attached hydrogen (secondary N) is 2. The number of benzene rings is 1. The van der Waals surface area contributed by atoms with E-state index in [0.717, 1.165) is 28.5 Å². The average Bonchev–Trinajstić information content (AvgIpc) is 3.34. The number of thiophene rings is 1. The highest BCUT2D eigenvalue weighted by Crippen LogP contribution is 2.43. The number of amides is 1. The zero-order valence-electron chi connectivity index (χ0n) is 23.2. The van der Waals surface area contributed by atoms with Crippen molar-refractivity contribution < 1.29 is 31.5 Å². The molecule has 1 atom stereocenters. The number of rotatable bonds is 10. The number of aliphatic hydroxyl groups excluding tert-OH is 1. The molecule has 16 heteroatoms. The maximum Gasteiger partial charge on any atom is 0.417 e. The van der Waals surface area contributed by atoms with Crippen molar-refractivity contribution in [3.8, 4) is 11.1 Å². The minimum absolute atomic E-state index is 0.00437. The van der Waals surface area contributed by atoms with Crippen molar-refractivity contribution in [2.45, 2.75) is 31.2 Å². The number of nitrogens with zero attached hydrogens (tertiary/aromatic N) is 3. The Morgan fingerprint density at radius 1 is 1.16 bits per heavy atom. The number of aromatic nitrogens is 2. The molecule has 1 aliphatic heterocycles. The first-order valence-corrected chi connectivity index (χ1v) is 15.8. The van der Waals surface area contributed by atoms with Gasteiger partial charge in [-0.05, 0) is 42.7 Å². The number of piperidine rings is 1. The summed E-state index contributed by atoms with van der Waals surface area (Å²) in [6, 6.07) is 11.8. The maximum atomic E-state index is 13.9. The lowest BCUT2D eigenvalue weighted by atomic mass is 10.0. The zero-order valence-corrected chi connectivity index (χ0v) is 24.9. The third-order valence-electron chi connectivity index (χ3n) is 7.37. The monoisotopic (exact) mass is 649 g/mol. The van der Waals surface area contributed by atoms with Crippen LogP contribution in [-0.4, -0.2) is 61.0 Å². The lowest BCUT2D eigenvalue weighted by Crippen LogP contribution is -2.44. The number of carbonyl (C=O) groups is 1. The van der Waals surface area contributed by atoms with Crippen LogP contribution < -0.4 is 27.0 Å². The van der Waals surface area contributed by atoms with Crippen LogP contribution >= 0.6 is 11.3 Å². The molecule has 4 heterocycles. The number of hydrogen-bond acceptors (Lipinski definition) is 11. The van der Waals surface area contributed by atoms with E-state index in [-0.39, 0.29) is 45.1 Å². The molecule has 44 heavy (non-hydrogen) atoms. The van der Waals surface area contributed by atoms with Crippen LogP contribution in [0.4, 0.5) is 30.4 Å². The summed E-state index contributed by atoms with van der Waals surface area (Å²) in [6.07, 6.45) is -2.75. The Morgan fingerprint density at radius 2 is 1.91 bits per heavy atom. The molecule has 1 aliphatic rings. The Morgan fingerprint density at radius 3 is 2.55 bits per heavy atom. The summed E-state index contributed by atoms with van der Waals surface area (Å²) in [5, 5.41) is 16.6. The van der Waals surface area contributed by atoms with E-state index in [0.29, 0.717) is 37.3 Å². The number of alkyl halides is 3. The van der Waals surface area contributed by atoms with Crippen LogP contribution in [0.1, 0.15) is 39.9 Å². The molecule has 1 aromatic carbocycles. The van der Waals surface area contributed by atoms with Gasteiger partial charge in [-0.1, -0.05) is 18.2 Å². The van der Waals surface area contributed by atoms with Crippen molar-refractivity contribution in [1.82, 2.24) is 15.3 Å². The molecule has 3 aromatic heterocycles. The first-order chi connectivity index (χ1) is 20.9. The molecule has 5 rings (SSSR count). The van der Waals surface area contributed by atoms with Crippen LogP contribution in [0, 0.1) is 0 Å². The maximum absolute atomic E-state index is 13.9. The number of hydrogen-bond donors (Lipinski definition) is 6. The van der Waals surface area contributed by atoms with Crippen molar-refractivity contribution >= 4 is 55.4 Å². The van der Waals surface area contributed by atoms with Crippen LogP contribution in [0.25, 0.3) is 21.3 Å². The molecule has 0 spiro atoms. The summed E-state index contributed by atoms with van der Waals surface area (Å²) < 4.78 is 63.5. The summed E-state index contributed by atoms with van der Waals surface area (Å²) in [7, 11) is -2.55. The Kier molecular flexibility index (Phi) is 9.24. The van der Waals surface area contributed by atoms with E-state index in [4.69, 9.17) is 11.5 Å². The molecule has 7 N–H and O–H groups in total. The Labute approximate surface area is 256 Å². The number of nitrogens with two attached hydrogens (primary N) is 2. The van der Waals surface area contributed by atoms with Crippen molar-refractivity contribution in [3.63, 3.8) is 0 Å². The third kappa shape index (κ3) is 7.04. The van der Waals surface area contributed by atoms with E-state index in [2.05, 4.69) is 20.6 Å². The fourth-order valence-electron chi connectivity index (χ4n) is 5.11. The lowest BCUT2D eigenvalue weighted by molar-refractivity contribution is -0.136. The van der Waals surface area contributed by atoms with Gasteiger partial charge in [0, 0.05) is 48.5 Å². The molecule has 0 aliphatic carbocycles. The van der Waals surface area contributed by atoms with Gasteiger partial charge in [0.05, 0.1) is 16.9 Å². The summed E-state index contributed by atoms with van der Waals surface area (Å²) in [5.74, 6) is -0.923. The van der Waals surface area contributed by atoms with Crippen molar-refractivity contribution in [1.29, 1.82) is 0 Å². The molecule has 1 saturated heterocycles. The van der Waals surface area contributed by atoms with E-state index < -0.39 is 34.5 Å². The Hall–Kier alpha value is -3.99. The van der Waals surface area contributed by atoms with E-state index in [1.54, 1.807) is 29.3 Å². The summed E-state index contributed by atoms with van der Waals surface area (Å²) in [5.41, 5.74) is 12.6. The van der Waals surface area contributed by atoms with Gasteiger partial charge < -0.3 is 32.1 Å². The minimum atomic E-state index is -4.70. The van der Waals surface area contributed by atoms with Crippen molar-refractivity contribution in [3.05, 3.63) is 64.8 Å². The third-order valence-corrected chi connectivity index (χ3v) is 8.90. The van der Waals surface area contributed by atoms with Crippen LogP contribution in [-0.2, 0) is 16.9 Å². The van der Waals surface area contributed by atoms with Gasteiger partial charge in [0.1, 0.15) is 27.5 Å². The molecule has 0 bridgehead atoms. The number of pyridine rings is 2. The molecule has 1 unspecified atom stereocenters. The number of anilines is 3. The first kappa shape index (κ1) is 31.4. The molecular formula is C28H30F3N7O4S2. The minimum Gasteiger partial charge on any atom is -0.397 e. The first-order valence-electron chi connectivity index (χ1n) is 13.6. The number of thiol groups is 1. The Balaban J connectivity index is 1.19. The second-order valence-corrected chi connectivity index (χ2v) is 12.3. The topological polar surface area (TPSA) is 177 Å². The molecule has 11 nitrogen and oxygen atoms in total. The molecule has 0 radical (unpaired) electrons. The zero-order chi connectivity index (χ0) is 31.6. The lowest BCUT2D eigenvalue weighted by Gasteiger charge is -2.34. The highest BCUT2D eigenvalue weighted by atomic mass is 32.2. The molecular weight excluding hydrogens is 619 g/mol. The highest BCUT2D eigenvalue weighted by molar-refractivity contribution is 7.72. The predicted molar refractivity (Wildman–Crippen MR) is 164 cm³/mol. The number of halogens is 3. The average molecular weight is 650 g/mol. The summed E-state index contributed by atoms with van der Waals surface area (Å²) >= 11 is 0.747. The second-order valence-electron chi connectivity index (χ2n) is 10.3. The van der Waals surface area contributed by atoms with E-state index in [9.17, 15) is 31.5 Å². The number of fused-ring (bicyclic) bond motifs is 1. The van der Waals surface area contributed by atoms with Crippen LogP contribution in [0.2, 0.25) is 0 Å². The van der Waals surface area contributed by atoms with Gasteiger partial charge in [-0.2, -0.15) is 13.2 Å². The van der Waals surface area contributed by atoms with Crippen LogP contribution in [0.3, 0.4) is 0 Å². The predicted octanol–water partition coefficient (Wildman–Crippen LogP) is 3.33. The van der Waals surface area contributed by atoms with Gasteiger partial charge in [-0.25, -0.2) is 13.4 Å². The molecule has 1 fully saturated rings. The van der Waals surface area contributed by atoms with Gasteiger partial charge in [0.2, 0.25) is 0 Å². The van der Waals surface area contributed by atoms with Crippen LogP contribution in [0.5, 0.6) is 0 Å². The van der Waals surface area contributed by atoms with E-state index >= 15 is 0 Å². The summed E-state index contributed by atoms with van der Waals surface area (Å²) in [4.78, 5) is 22.1. The van der Waals surface area contributed by atoms with Gasteiger partial charge in [-0.15, -0.1) is 11.3 Å². The number of aliphatic hydroxyl groups is 1. The van der Waals surface area contributed by atoms with Gasteiger partial charge in [-0.3, -0.25) is 9.78 Å². The second kappa shape index (κ2) is 12.9. The fraction of sp³-hybridized carbons (Fsp3) is 0.321. The molecule has 1 amide bonds. The molecule has 234 valence electrons. The van der Waals surface area contributed by atoms with Crippen molar-refractivity contribution in [2.75, 3.05) is 41.5 Å². The molecule has 4 aromatic rings. The van der Waals surface area contributed by atoms with E-state index in [1.165, 1.54) is 0 Å². The number of carbonyl (C=O) groups excluding carboxylic acids is 1. The SMILES string of the molecule is NC(=O)c1sc2nc(N3CCC(NCC(O)c4ccc(-c5cccc(NC[SH](=O)=O)c5)cn4)CC3)cc(C(F)(F)F)c2c1N.